The first kappa shape index (κ1) is 14.1. The predicted molar refractivity (Wildman–Crippen MR) is 73.0 cm³/mol. The fraction of sp³-hybridized carbons (Fsp3) is 0.385. The molecular weight excluding hydrogens is 262 g/mol. The maximum absolute atomic E-state index is 11.7. The van der Waals surface area contributed by atoms with Crippen LogP contribution in [-0.4, -0.2) is 45.2 Å². The van der Waals surface area contributed by atoms with E-state index in [-0.39, 0.29) is 24.9 Å². The first-order chi connectivity index (χ1) is 9.69. The number of rotatable bonds is 5. The van der Waals surface area contributed by atoms with Gasteiger partial charge in [-0.2, -0.15) is 0 Å². The van der Waals surface area contributed by atoms with Gasteiger partial charge in [-0.1, -0.05) is 0 Å². The number of ether oxygens (including phenoxy) is 2. The fourth-order valence-electron chi connectivity index (χ4n) is 1.70. The van der Waals surface area contributed by atoms with Crippen molar-refractivity contribution >= 4 is 17.5 Å². The zero-order valence-corrected chi connectivity index (χ0v) is 11.2. The minimum absolute atomic E-state index is 0.0574. The molecule has 7 nitrogen and oxygen atoms in total. The topological polar surface area (TPSA) is 88.7 Å². The highest BCUT2D eigenvalue weighted by Crippen LogP contribution is 2.32. The van der Waals surface area contributed by atoms with Gasteiger partial charge in [-0.05, 0) is 12.1 Å². The van der Waals surface area contributed by atoms with Gasteiger partial charge in [0, 0.05) is 18.8 Å². The third-order valence-corrected chi connectivity index (χ3v) is 2.68. The third kappa shape index (κ3) is 3.86. The van der Waals surface area contributed by atoms with E-state index in [1.54, 1.807) is 25.2 Å². The molecule has 1 aromatic rings. The molecule has 2 rings (SSSR count). The summed E-state index contributed by atoms with van der Waals surface area (Å²) in [6.07, 6.45) is 0. The van der Waals surface area contributed by atoms with Crippen molar-refractivity contribution in [1.29, 1.82) is 0 Å². The summed E-state index contributed by atoms with van der Waals surface area (Å²) in [5.74, 6) is 0.891. The van der Waals surface area contributed by atoms with Crippen molar-refractivity contribution < 1.29 is 19.1 Å². The number of nitrogens with one attached hydrogen (secondary N) is 3. The van der Waals surface area contributed by atoms with E-state index in [1.165, 1.54) is 0 Å². The van der Waals surface area contributed by atoms with Gasteiger partial charge >= 0.3 is 0 Å². The minimum atomic E-state index is -0.231. The highest BCUT2D eigenvalue weighted by Gasteiger charge is 2.12. The molecule has 0 spiro atoms. The van der Waals surface area contributed by atoms with E-state index >= 15 is 0 Å². The van der Waals surface area contributed by atoms with Gasteiger partial charge in [-0.25, -0.2) is 0 Å². The van der Waals surface area contributed by atoms with Gasteiger partial charge in [0.15, 0.2) is 11.5 Å². The Labute approximate surface area is 116 Å². The number of hydrogen-bond acceptors (Lipinski definition) is 5. The van der Waals surface area contributed by atoms with Gasteiger partial charge in [0.2, 0.25) is 11.8 Å². The van der Waals surface area contributed by atoms with Crippen LogP contribution in [0, 0.1) is 0 Å². The zero-order valence-electron chi connectivity index (χ0n) is 11.2. The molecule has 0 radical (unpaired) electrons. The van der Waals surface area contributed by atoms with E-state index in [2.05, 4.69) is 16.0 Å². The molecule has 0 bridgehead atoms. The number of amides is 2. The molecule has 0 saturated heterocycles. The molecule has 0 saturated carbocycles. The molecule has 0 fully saturated rings. The predicted octanol–water partition coefficient (Wildman–Crippen LogP) is -0.268. The summed E-state index contributed by atoms with van der Waals surface area (Å²) in [5, 5.41) is 7.91. The van der Waals surface area contributed by atoms with E-state index in [0.29, 0.717) is 30.4 Å². The Morgan fingerprint density at radius 1 is 1.10 bits per heavy atom. The number of fused-ring (bicyclic) bond motifs is 1. The molecule has 108 valence electrons. The average molecular weight is 279 g/mol. The van der Waals surface area contributed by atoms with Crippen LogP contribution < -0.4 is 25.4 Å². The van der Waals surface area contributed by atoms with E-state index in [0.717, 1.165) is 0 Å². The van der Waals surface area contributed by atoms with Gasteiger partial charge in [-0.15, -0.1) is 0 Å². The molecule has 0 aliphatic carbocycles. The lowest BCUT2D eigenvalue weighted by atomic mass is 10.2. The maximum Gasteiger partial charge on any atom is 0.238 e. The average Bonchev–Trinajstić information content (AvgIpc) is 2.47. The SMILES string of the molecule is CNC(=O)CNCC(=O)Nc1ccc2c(c1)OCCO2. The molecule has 3 N–H and O–H groups in total. The molecule has 1 heterocycles. The first-order valence-electron chi connectivity index (χ1n) is 6.30. The van der Waals surface area contributed by atoms with Crippen molar-refractivity contribution in [3.63, 3.8) is 0 Å². The molecule has 1 aliphatic heterocycles. The molecule has 2 amide bonds. The number of likely N-dealkylation sites (N-methyl/N-ethyl adjacent to an activating group) is 1. The van der Waals surface area contributed by atoms with Crippen LogP contribution >= 0.6 is 0 Å². The second kappa shape index (κ2) is 6.76. The summed E-state index contributed by atoms with van der Waals surface area (Å²) in [7, 11) is 1.54. The van der Waals surface area contributed by atoms with Crippen LogP contribution in [0.1, 0.15) is 0 Å². The van der Waals surface area contributed by atoms with Crippen LogP contribution in [0.15, 0.2) is 18.2 Å². The lowest BCUT2D eigenvalue weighted by molar-refractivity contribution is -0.119. The Kier molecular flexibility index (Phi) is 4.78. The maximum atomic E-state index is 11.7. The molecule has 20 heavy (non-hydrogen) atoms. The molecule has 1 aromatic carbocycles. The van der Waals surface area contributed by atoms with E-state index < -0.39 is 0 Å². The number of carbonyl (C=O) groups is 2. The van der Waals surface area contributed by atoms with Crippen molar-refractivity contribution in [1.82, 2.24) is 10.6 Å². The number of benzene rings is 1. The van der Waals surface area contributed by atoms with Crippen molar-refractivity contribution in [2.75, 3.05) is 38.7 Å². The molecular formula is C13H17N3O4. The molecule has 7 heteroatoms. The largest absolute Gasteiger partial charge is 0.486 e. The first-order valence-corrected chi connectivity index (χ1v) is 6.30. The monoisotopic (exact) mass is 279 g/mol. The molecule has 0 atom stereocenters. The van der Waals surface area contributed by atoms with Gasteiger partial charge in [0.25, 0.3) is 0 Å². The summed E-state index contributed by atoms with van der Waals surface area (Å²) >= 11 is 0. The van der Waals surface area contributed by atoms with Gasteiger partial charge in [0.1, 0.15) is 13.2 Å². The Morgan fingerprint density at radius 2 is 1.80 bits per heavy atom. The van der Waals surface area contributed by atoms with E-state index in [9.17, 15) is 9.59 Å². The number of hydrogen-bond donors (Lipinski definition) is 3. The molecule has 1 aliphatic rings. The van der Waals surface area contributed by atoms with Crippen LogP contribution in [-0.2, 0) is 9.59 Å². The summed E-state index contributed by atoms with van der Waals surface area (Å²) < 4.78 is 10.8. The molecule has 0 unspecified atom stereocenters. The van der Waals surface area contributed by atoms with E-state index in [1.807, 2.05) is 0 Å². The number of anilines is 1. The summed E-state index contributed by atoms with van der Waals surface area (Å²) in [5.41, 5.74) is 0.626. The fourth-order valence-corrected chi connectivity index (χ4v) is 1.70. The van der Waals surface area contributed by atoms with Crippen molar-refractivity contribution in [2.24, 2.45) is 0 Å². The van der Waals surface area contributed by atoms with Gasteiger partial charge in [-0.3, -0.25) is 14.9 Å². The van der Waals surface area contributed by atoms with Crippen molar-refractivity contribution in [2.45, 2.75) is 0 Å². The standard InChI is InChI=1S/C13H17N3O4/c1-14-12(17)7-15-8-13(18)16-9-2-3-10-11(6-9)20-5-4-19-10/h2-3,6,15H,4-5,7-8H2,1H3,(H,14,17)(H,16,18). The summed E-state index contributed by atoms with van der Waals surface area (Å²) in [6, 6.07) is 5.21. The Hall–Kier alpha value is -2.28. The lowest BCUT2D eigenvalue weighted by Crippen LogP contribution is -2.36. The third-order valence-electron chi connectivity index (χ3n) is 2.68. The van der Waals surface area contributed by atoms with Gasteiger partial charge in [0.05, 0.1) is 13.1 Å². The second-order valence-corrected chi connectivity index (χ2v) is 4.18. The summed E-state index contributed by atoms with van der Waals surface area (Å²) in [6.45, 7) is 1.19. The smallest absolute Gasteiger partial charge is 0.238 e. The van der Waals surface area contributed by atoms with E-state index in [4.69, 9.17) is 9.47 Å². The second-order valence-electron chi connectivity index (χ2n) is 4.18. The normalized spacial score (nSPS) is 12.7. The van der Waals surface area contributed by atoms with Crippen LogP contribution in [0.25, 0.3) is 0 Å². The van der Waals surface area contributed by atoms with Gasteiger partial charge < -0.3 is 20.1 Å². The summed E-state index contributed by atoms with van der Waals surface area (Å²) in [4.78, 5) is 22.6. The Bertz CT molecular complexity index is 504. The Morgan fingerprint density at radius 3 is 2.55 bits per heavy atom. The minimum Gasteiger partial charge on any atom is -0.486 e. The lowest BCUT2D eigenvalue weighted by Gasteiger charge is -2.19. The van der Waals surface area contributed by atoms with Crippen LogP contribution in [0.2, 0.25) is 0 Å². The molecule has 0 aromatic heterocycles. The van der Waals surface area contributed by atoms with Crippen molar-refractivity contribution in [3.8, 4) is 11.5 Å². The quantitative estimate of drug-likeness (QED) is 0.690. The van der Waals surface area contributed by atoms with Crippen LogP contribution in [0.3, 0.4) is 0 Å². The Balaban J connectivity index is 1.83. The highest BCUT2D eigenvalue weighted by atomic mass is 16.6. The highest BCUT2D eigenvalue weighted by molar-refractivity contribution is 5.93. The number of carbonyl (C=O) groups excluding carboxylic acids is 2. The zero-order chi connectivity index (χ0) is 14.4. The van der Waals surface area contributed by atoms with Crippen LogP contribution in [0.5, 0.6) is 11.5 Å². The van der Waals surface area contributed by atoms with Crippen LogP contribution in [0.4, 0.5) is 5.69 Å². The van der Waals surface area contributed by atoms with Crippen molar-refractivity contribution in [3.05, 3.63) is 18.2 Å².